The predicted molar refractivity (Wildman–Crippen MR) is 53.9 cm³/mol. The van der Waals surface area contributed by atoms with Gasteiger partial charge in [-0.3, -0.25) is 14.9 Å². The van der Waals surface area contributed by atoms with Crippen molar-refractivity contribution in [2.45, 2.75) is 19.9 Å². The number of amides is 1. The van der Waals surface area contributed by atoms with Gasteiger partial charge in [-0.15, -0.1) is 0 Å². The lowest BCUT2D eigenvalue weighted by atomic mass is 10.2. The van der Waals surface area contributed by atoms with Crippen LogP contribution >= 0.6 is 0 Å². The molecule has 0 aliphatic rings. The lowest BCUT2D eigenvalue weighted by Gasteiger charge is -1.97. The van der Waals surface area contributed by atoms with E-state index < -0.39 is 16.9 Å². The predicted octanol–water partition coefficient (Wildman–Crippen LogP) is 0.0856. The van der Waals surface area contributed by atoms with Crippen molar-refractivity contribution in [3.05, 3.63) is 22.3 Å². The molecule has 0 fully saturated rings. The van der Waals surface area contributed by atoms with Gasteiger partial charge in [-0.2, -0.15) is 0 Å². The Morgan fingerprint density at radius 3 is 2.73 bits per heavy atom. The van der Waals surface area contributed by atoms with Crippen LogP contribution in [0.25, 0.3) is 0 Å². The van der Waals surface area contributed by atoms with Crippen LogP contribution in [-0.2, 0) is 9.63 Å². The minimum absolute atomic E-state index is 0.148. The van der Waals surface area contributed by atoms with Gasteiger partial charge < -0.3 is 10.6 Å². The molecule has 0 aliphatic heterocycles. The molecule has 7 nitrogen and oxygen atoms in total. The van der Waals surface area contributed by atoms with E-state index in [1.165, 1.54) is 19.1 Å². The fourth-order valence-corrected chi connectivity index (χ4v) is 0.592. The summed E-state index contributed by atoms with van der Waals surface area (Å²) >= 11 is 0. The average Bonchev–Trinajstić information content (AvgIpc) is 2.16. The molecule has 0 bridgehead atoms. The number of carbonyl (C=O) groups is 1. The van der Waals surface area contributed by atoms with E-state index in [4.69, 9.17) is 5.73 Å². The summed E-state index contributed by atoms with van der Waals surface area (Å²) in [5.74, 6) is -0.796. The fourth-order valence-electron chi connectivity index (χ4n) is 0.592. The first-order valence-electron chi connectivity index (χ1n) is 4.30. The van der Waals surface area contributed by atoms with E-state index >= 15 is 0 Å². The monoisotopic (exact) mass is 215 g/mol. The highest BCUT2D eigenvalue weighted by atomic mass is 16.6. The molecule has 0 saturated carbocycles. The van der Waals surface area contributed by atoms with Crippen molar-refractivity contribution in [3.8, 4) is 0 Å². The third-order valence-corrected chi connectivity index (χ3v) is 1.41. The van der Waals surface area contributed by atoms with Crippen molar-refractivity contribution in [2.24, 2.45) is 10.9 Å². The van der Waals surface area contributed by atoms with Gasteiger partial charge in [0.1, 0.15) is 6.61 Å². The summed E-state index contributed by atoms with van der Waals surface area (Å²) in [5, 5.41) is 13.7. The molecule has 0 unspecified atom stereocenters. The largest absolute Gasteiger partial charge is 0.395 e. The Hall–Kier alpha value is -1.92. The van der Waals surface area contributed by atoms with Crippen LogP contribution in [0.5, 0.6) is 0 Å². The Kier molecular flexibility index (Phi) is 5.69. The maximum atomic E-state index is 10.8. The minimum atomic E-state index is -0.906. The molecule has 0 radical (unpaired) electrons. The molecule has 7 heteroatoms. The maximum Gasteiger partial charge on any atom is 0.270 e. The molecule has 2 N–H and O–H groups in total. The van der Waals surface area contributed by atoms with Gasteiger partial charge in [-0.1, -0.05) is 5.16 Å². The molecule has 0 spiro atoms. The number of nitro groups is 1. The summed E-state index contributed by atoms with van der Waals surface area (Å²) in [7, 11) is 0. The summed E-state index contributed by atoms with van der Waals surface area (Å²) in [4.78, 5) is 25.2. The van der Waals surface area contributed by atoms with Crippen LogP contribution < -0.4 is 5.73 Å². The van der Waals surface area contributed by atoms with Crippen LogP contribution in [0.2, 0.25) is 0 Å². The van der Waals surface area contributed by atoms with Gasteiger partial charge in [0.25, 0.3) is 5.91 Å². The number of hydrogen-bond donors (Lipinski definition) is 1. The van der Waals surface area contributed by atoms with Crippen molar-refractivity contribution in [1.29, 1.82) is 0 Å². The number of hydrogen-bond acceptors (Lipinski definition) is 5. The van der Waals surface area contributed by atoms with E-state index in [1.54, 1.807) is 6.92 Å². The molecule has 15 heavy (non-hydrogen) atoms. The van der Waals surface area contributed by atoms with Crippen LogP contribution in [0.3, 0.4) is 0 Å². The Bertz CT molecular complexity index is 298. The second-order valence-corrected chi connectivity index (χ2v) is 2.64. The maximum absolute atomic E-state index is 10.8. The SMILES string of the molecule is CCO/N=C(/C=C/[C@H](C)[N+](=O)[O-])C(N)=O. The first-order valence-corrected chi connectivity index (χ1v) is 4.30. The van der Waals surface area contributed by atoms with Crippen molar-refractivity contribution >= 4 is 11.6 Å². The lowest BCUT2D eigenvalue weighted by Crippen LogP contribution is -2.22. The molecule has 0 aromatic heterocycles. The zero-order valence-corrected chi connectivity index (χ0v) is 8.54. The molecular formula is C8H13N3O4. The Morgan fingerprint density at radius 2 is 2.33 bits per heavy atom. The van der Waals surface area contributed by atoms with Gasteiger partial charge in [-0.05, 0) is 19.1 Å². The second kappa shape index (κ2) is 6.52. The van der Waals surface area contributed by atoms with Crippen LogP contribution in [0.4, 0.5) is 0 Å². The smallest absolute Gasteiger partial charge is 0.270 e. The fraction of sp³-hybridized carbons (Fsp3) is 0.500. The first-order chi connectivity index (χ1) is 6.99. The van der Waals surface area contributed by atoms with Gasteiger partial charge >= 0.3 is 0 Å². The number of rotatable bonds is 6. The van der Waals surface area contributed by atoms with Crippen LogP contribution in [0.15, 0.2) is 17.3 Å². The van der Waals surface area contributed by atoms with E-state index in [1.807, 2.05) is 0 Å². The number of nitrogens with zero attached hydrogens (tertiary/aromatic N) is 2. The van der Waals surface area contributed by atoms with Crippen LogP contribution in [-0.4, -0.2) is 29.2 Å². The third-order valence-electron chi connectivity index (χ3n) is 1.41. The zero-order chi connectivity index (χ0) is 11.8. The highest BCUT2D eigenvalue weighted by Gasteiger charge is 2.09. The molecule has 84 valence electrons. The molecule has 0 aromatic carbocycles. The molecule has 0 heterocycles. The Balaban J connectivity index is 4.55. The highest BCUT2D eigenvalue weighted by Crippen LogP contribution is 1.92. The van der Waals surface area contributed by atoms with Crippen molar-refractivity contribution in [3.63, 3.8) is 0 Å². The summed E-state index contributed by atoms with van der Waals surface area (Å²) < 4.78 is 0. The highest BCUT2D eigenvalue weighted by molar-refractivity contribution is 6.42. The third kappa shape index (κ3) is 5.40. The van der Waals surface area contributed by atoms with Gasteiger partial charge in [0.2, 0.25) is 6.04 Å². The van der Waals surface area contributed by atoms with Crippen molar-refractivity contribution in [2.75, 3.05) is 6.61 Å². The molecule has 1 atom stereocenters. The number of oxime groups is 1. The number of nitrogens with two attached hydrogens (primary N) is 1. The molecule has 0 saturated heterocycles. The topological polar surface area (TPSA) is 108 Å². The van der Waals surface area contributed by atoms with Gasteiger partial charge in [0.05, 0.1) is 0 Å². The summed E-state index contributed by atoms with van der Waals surface area (Å²) in [5.41, 5.74) is 4.82. The second-order valence-electron chi connectivity index (χ2n) is 2.64. The summed E-state index contributed by atoms with van der Waals surface area (Å²) in [6, 6.07) is -0.906. The van der Waals surface area contributed by atoms with E-state index in [0.29, 0.717) is 0 Å². The average molecular weight is 215 g/mol. The quantitative estimate of drug-likeness (QED) is 0.384. The van der Waals surface area contributed by atoms with E-state index in [9.17, 15) is 14.9 Å². The summed E-state index contributed by atoms with van der Waals surface area (Å²) in [6.07, 6.45) is 2.38. The van der Waals surface area contributed by atoms with Gasteiger partial charge in [0, 0.05) is 11.8 Å². The van der Waals surface area contributed by atoms with Crippen molar-refractivity contribution in [1.82, 2.24) is 0 Å². The molecule has 1 amide bonds. The zero-order valence-electron chi connectivity index (χ0n) is 8.54. The number of carbonyl (C=O) groups excluding carboxylic acids is 1. The molecular weight excluding hydrogens is 202 g/mol. The normalized spacial score (nSPS) is 13.9. The molecule has 0 aromatic rings. The number of primary amides is 1. The van der Waals surface area contributed by atoms with Gasteiger partial charge in [0.15, 0.2) is 5.71 Å². The van der Waals surface area contributed by atoms with Crippen molar-refractivity contribution < 1.29 is 14.6 Å². The minimum Gasteiger partial charge on any atom is -0.395 e. The lowest BCUT2D eigenvalue weighted by molar-refractivity contribution is -0.504. The van der Waals surface area contributed by atoms with E-state index in [-0.39, 0.29) is 12.3 Å². The Labute approximate surface area is 86.7 Å². The summed E-state index contributed by atoms with van der Waals surface area (Å²) in [6.45, 7) is 3.34. The van der Waals surface area contributed by atoms with Crippen LogP contribution in [0.1, 0.15) is 13.8 Å². The van der Waals surface area contributed by atoms with E-state index in [2.05, 4.69) is 9.99 Å². The van der Waals surface area contributed by atoms with E-state index in [0.717, 1.165) is 0 Å². The first kappa shape index (κ1) is 13.1. The Morgan fingerprint density at radius 1 is 1.73 bits per heavy atom. The van der Waals surface area contributed by atoms with Crippen LogP contribution in [0, 0.1) is 10.1 Å². The standard InChI is InChI=1S/C8H13N3O4/c1-3-15-10-7(8(9)12)5-4-6(2)11(13)14/h4-6H,3H2,1-2H3,(H2,9,12)/b5-4+,10-7-/t6-/m0/s1. The molecule has 0 rings (SSSR count). The van der Waals surface area contributed by atoms with Gasteiger partial charge in [-0.25, -0.2) is 0 Å². The molecule has 0 aliphatic carbocycles.